The van der Waals surface area contributed by atoms with Crippen LogP contribution in [0.25, 0.3) is 0 Å². The lowest BCUT2D eigenvalue weighted by atomic mass is 10.2. The number of aromatic nitrogens is 1. The molecule has 0 fully saturated rings. The van der Waals surface area contributed by atoms with Crippen molar-refractivity contribution >= 4 is 23.8 Å². The Bertz CT molecular complexity index is 261. The van der Waals surface area contributed by atoms with Gasteiger partial charge in [0.1, 0.15) is 0 Å². The summed E-state index contributed by atoms with van der Waals surface area (Å²) in [5.41, 5.74) is 14.7. The molecule has 3 nitrogen and oxygen atoms in total. The maximum absolute atomic E-state index is 5.71. The molecule has 0 unspecified atom stereocenters. The molecule has 0 aliphatic carbocycles. The fourth-order valence-corrected chi connectivity index (χ4v) is 1.19. The van der Waals surface area contributed by atoms with Crippen molar-refractivity contribution in [2.45, 2.75) is 26.7 Å². The van der Waals surface area contributed by atoms with Crippen LogP contribution in [0.5, 0.6) is 0 Å². The number of nitrogens with two attached hydrogens (primary N) is 2. The Balaban J connectivity index is 0.00000144. The molecule has 1 rings (SSSR count). The standard InChI is InChI=1S/C9H15N3.ClH/c1-3-8-6(10)5-7(11)9(4-2)12-8;/h5H,3-4,10-11H2,1-2H3;1H. The second-order valence-electron chi connectivity index (χ2n) is 2.77. The number of halogens is 1. The molecule has 1 heterocycles. The van der Waals surface area contributed by atoms with Gasteiger partial charge in [0.15, 0.2) is 0 Å². The van der Waals surface area contributed by atoms with Crippen molar-refractivity contribution in [2.24, 2.45) is 0 Å². The highest BCUT2D eigenvalue weighted by Crippen LogP contribution is 2.17. The summed E-state index contributed by atoms with van der Waals surface area (Å²) >= 11 is 0. The van der Waals surface area contributed by atoms with E-state index in [2.05, 4.69) is 4.98 Å². The Morgan fingerprint density at radius 3 is 1.77 bits per heavy atom. The molecule has 13 heavy (non-hydrogen) atoms. The monoisotopic (exact) mass is 201 g/mol. The van der Waals surface area contributed by atoms with Crippen LogP contribution < -0.4 is 11.5 Å². The van der Waals surface area contributed by atoms with E-state index in [9.17, 15) is 0 Å². The van der Waals surface area contributed by atoms with Crippen LogP contribution in [0.1, 0.15) is 25.2 Å². The van der Waals surface area contributed by atoms with E-state index >= 15 is 0 Å². The third-order valence-corrected chi connectivity index (χ3v) is 1.92. The predicted octanol–water partition coefficient (Wildman–Crippen LogP) is 1.79. The summed E-state index contributed by atoms with van der Waals surface area (Å²) in [4.78, 5) is 4.36. The lowest BCUT2D eigenvalue weighted by molar-refractivity contribution is 0.963. The lowest BCUT2D eigenvalue weighted by Crippen LogP contribution is -2.04. The Hall–Kier alpha value is -0.960. The van der Waals surface area contributed by atoms with Crippen molar-refractivity contribution in [1.82, 2.24) is 4.98 Å². The highest BCUT2D eigenvalue weighted by atomic mass is 35.5. The van der Waals surface area contributed by atoms with Crippen LogP contribution in [0.4, 0.5) is 11.4 Å². The minimum Gasteiger partial charge on any atom is -0.397 e. The normalized spacial score (nSPS) is 9.38. The molecule has 0 radical (unpaired) electrons. The number of hydrogen-bond acceptors (Lipinski definition) is 3. The molecule has 0 aliphatic rings. The van der Waals surface area contributed by atoms with E-state index in [0.29, 0.717) is 11.4 Å². The summed E-state index contributed by atoms with van der Waals surface area (Å²) < 4.78 is 0. The van der Waals surface area contributed by atoms with Crippen molar-refractivity contribution in [3.8, 4) is 0 Å². The van der Waals surface area contributed by atoms with E-state index in [-0.39, 0.29) is 12.4 Å². The quantitative estimate of drug-likeness (QED) is 0.767. The van der Waals surface area contributed by atoms with Gasteiger partial charge >= 0.3 is 0 Å². The number of hydrogen-bond donors (Lipinski definition) is 2. The van der Waals surface area contributed by atoms with E-state index in [1.54, 1.807) is 6.07 Å². The summed E-state index contributed by atoms with van der Waals surface area (Å²) in [6.07, 6.45) is 1.72. The first-order chi connectivity index (χ1) is 5.69. The lowest BCUT2D eigenvalue weighted by Gasteiger charge is -2.07. The maximum atomic E-state index is 5.71. The molecule has 0 saturated carbocycles. The highest BCUT2D eigenvalue weighted by Gasteiger charge is 2.03. The topological polar surface area (TPSA) is 64.9 Å². The van der Waals surface area contributed by atoms with E-state index in [1.165, 1.54) is 0 Å². The molecule has 0 aromatic carbocycles. The Labute approximate surface area is 84.9 Å². The first-order valence-corrected chi connectivity index (χ1v) is 4.22. The molecular formula is C9H16ClN3. The van der Waals surface area contributed by atoms with E-state index in [4.69, 9.17) is 11.5 Å². The molecular weight excluding hydrogens is 186 g/mol. The zero-order chi connectivity index (χ0) is 9.14. The van der Waals surface area contributed by atoms with Crippen LogP contribution >= 0.6 is 12.4 Å². The summed E-state index contributed by atoms with van der Waals surface area (Å²) in [5.74, 6) is 0. The number of rotatable bonds is 2. The summed E-state index contributed by atoms with van der Waals surface area (Å²) in [6, 6.07) is 1.80. The molecule has 0 amide bonds. The van der Waals surface area contributed by atoms with E-state index in [0.717, 1.165) is 24.2 Å². The molecule has 0 spiro atoms. The smallest absolute Gasteiger partial charge is 0.0634 e. The van der Waals surface area contributed by atoms with Gasteiger partial charge in [-0.3, -0.25) is 4.98 Å². The number of nitrogen functional groups attached to an aromatic ring is 2. The van der Waals surface area contributed by atoms with Crippen LogP contribution in [0.3, 0.4) is 0 Å². The molecule has 0 saturated heterocycles. The van der Waals surface area contributed by atoms with Crippen LogP contribution in [0.2, 0.25) is 0 Å². The molecule has 1 aromatic rings. The molecule has 4 N–H and O–H groups in total. The number of anilines is 2. The van der Waals surface area contributed by atoms with Crippen molar-refractivity contribution in [3.05, 3.63) is 17.5 Å². The molecule has 74 valence electrons. The van der Waals surface area contributed by atoms with Crippen LogP contribution in [0, 0.1) is 0 Å². The Morgan fingerprint density at radius 1 is 1.08 bits per heavy atom. The summed E-state index contributed by atoms with van der Waals surface area (Å²) in [7, 11) is 0. The van der Waals surface area contributed by atoms with Crippen molar-refractivity contribution in [3.63, 3.8) is 0 Å². The van der Waals surface area contributed by atoms with Crippen molar-refractivity contribution in [2.75, 3.05) is 11.5 Å². The molecule has 0 bridgehead atoms. The van der Waals surface area contributed by atoms with Crippen molar-refractivity contribution < 1.29 is 0 Å². The maximum Gasteiger partial charge on any atom is 0.0634 e. The minimum absolute atomic E-state index is 0. The molecule has 1 aromatic heterocycles. The van der Waals surface area contributed by atoms with Gasteiger partial charge in [-0.2, -0.15) is 0 Å². The van der Waals surface area contributed by atoms with Gasteiger partial charge in [-0.1, -0.05) is 13.8 Å². The van der Waals surface area contributed by atoms with Crippen LogP contribution in [-0.4, -0.2) is 4.98 Å². The average molecular weight is 202 g/mol. The van der Waals surface area contributed by atoms with Gasteiger partial charge in [0.25, 0.3) is 0 Å². The Morgan fingerprint density at radius 2 is 1.46 bits per heavy atom. The first kappa shape index (κ1) is 12.0. The molecule has 0 aliphatic heterocycles. The van der Waals surface area contributed by atoms with Crippen LogP contribution in [0.15, 0.2) is 6.07 Å². The minimum atomic E-state index is 0. The first-order valence-electron chi connectivity index (χ1n) is 4.22. The van der Waals surface area contributed by atoms with Gasteiger partial charge in [0.05, 0.1) is 22.8 Å². The second kappa shape index (κ2) is 4.92. The third-order valence-electron chi connectivity index (χ3n) is 1.92. The molecule has 0 atom stereocenters. The zero-order valence-corrected chi connectivity index (χ0v) is 8.82. The Kier molecular flexibility index (Phi) is 4.56. The number of nitrogens with zero attached hydrogens (tertiary/aromatic N) is 1. The van der Waals surface area contributed by atoms with Gasteiger partial charge in [0.2, 0.25) is 0 Å². The van der Waals surface area contributed by atoms with Crippen LogP contribution in [-0.2, 0) is 12.8 Å². The van der Waals surface area contributed by atoms with Gasteiger partial charge in [-0.15, -0.1) is 12.4 Å². The summed E-state index contributed by atoms with van der Waals surface area (Å²) in [6.45, 7) is 4.07. The third kappa shape index (κ3) is 2.49. The largest absolute Gasteiger partial charge is 0.397 e. The zero-order valence-electron chi connectivity index (χ0n) is 8.00. The molecule has 4 heteroatoms. The predicted molar refractivity (Wildman–Crippen MR) is 59.1 cm³/mol. The SMILES string of the molecule is CCc1nc(CC)c(N)cc1N.Cl. The van der Waals surface area contributed by atoms with Crippen molar-refractivity contribution in [1.29, 1.82) is 0 Å². The number of aryl methyl sites for hydroxylation is 2. The summed E-state index contributed by atoms with van der Waals surface area (Å²) in [5, 5.41) is 0. The van der Waals surface area contributed by atoms with E-state index in [1.807, 2.05) is 13.8 Å². The fourth-order valence-electron chi connectivity index (χ4n) is 1.19. The highest BCUT2D eigenvalue weighted by molar-refractivity contribution is 5.85. The van der Waals surface area contributed by atoms with Gasteiger partial charge in [-0.05, 0) is 18.9 Å². The number of pyridine rings is 1. The van der Waals surface area contributed by atoms with Gasteiger partial charge < -0.3 is 11.5 Å². The van der Waals surface area contributed by atoms with Gasteiger partial charge in [-0.25, -0.2) is 0 Å². The average Bonchev–Trinajstić information content (AvgIpc) is 2.05. The fraction of sp³-hybridized carbons (Fsp3) is 0.444. The second-order valence-corrected chi connectivity index (χ2v) is 2.77. The van der Waals surface area contributed by atoms with Gasteiger partial charge in [0, 0.05) is 0 Å². The van der Waals surface area contributed by atoms with E-state index < -0.39 is 0 Å².